The molecule has 1 fully saturated rings. The molecule has 0 aromatic heterocycles. The maximum atomic E-state index is 13.0. The lowest BCUT2D eigenvalue weighted by Crippen LogP contribution is -2.51. The SMILES string of the molecule is Cc1ccc(CNC(=O)[C@@H]2CCCCN2S(=O)(=O)c2ccc(Cl)cc2)cc1. The zero-order valence-corrected chi connectivity index (χ0v) is 16.8. The Morgan fingerprint density at radius 3 is 2.44 bits per heavy atom. The highest BCUT2D eigenvalue weighted by Crippen LogP contribution is 2.26. The smallest absolute Gasteiger partial charge is 0.243 e. The monoisotopic (exact) mass is 406 g/mol. The molecule has 1 amide bonds. The summed E-state index contributed by atoms with van der Waals surface area (Å²) in [5.41, 5.74) is 2.13. The summed E-state index contributed by atoms with van der Waals surface area (Å²) in [7, 11) is -3.75. The minimum Gasteiger partial charge on any atom is -0.351 e. The van der Waals surface area contributed by atoms with Crippen LogP contribution >= 0.6 is 11.6 Å². The molecule has 1 atom stereocenters. The number of carbonyl (C=O) groups excluding carboxylic acids is 1. The van der Waals surface area contributed by atoms with Crippen LogP contribution in [-0.2, 0) is 21.4 Å². The van der Waals surface area contributed by atoms with E-state index in [0.717, 1.165) is 24.0 Å². The van der Waals surface area contributed by atoms with Crippen molar-refractivity contribution in [3.8, 4) is 0 Å². The summed E-state index contributed by atoms with van der Waals surface area (Å²) >= 11 is 5.86. The van der Waals surface area contributed by atoms with Gasteiger partial charge in [0.25, 0.3) is 0 Å². The van der Waals surface area contributed by atoms with Gasteiger partial charge in [-0.25, -0.2) is 8.42 Å². The van der Waals surface area contributed by atoms with Gasteiger partial charge in [-0.05, 0) is 49.6 Å². The number of halogens is 1. The second-order valence-corrected chi connectivity index (χ2v) is 9.11. The topological polar surface area (TPSA) is 66.5 Å². The third kappa shape index (κ3) is 4.69. The van der Waals surface area contributed by atoms with Gasteiger partial charge in [-0.15, -0.1) is 0 Å². The van der Waals surface area contributed by atoms with E-state index in [1.54, 1.807) is 12.1 Å². The van der Waals surface area contributed by atoms with E-state index < -0.39 is 16.1 Å². The molecular weight excluding hydrogens is 384 g/mol. The van der Waals surface area contributed by atoms with Crippen LogP contribution in [-0.4, -0.2) is 31.2 Å². The molecule has 1 saturated heterocycles. The number of sulfonamides is 1. The molecule has 0 radical (unpaired) electrons. The van der Waals surface area contributed by atoms with Crippen LogP contribution in [0.4, 0.5) is 0 Å². The average molecular weight is 407 g/mol. The Morgan fingerprint density at radius 1 is 1.11 bits per heavy atom. The Kier molecular flexibility index (Phi) is 6.19. The minimum absolute atomic E-state index is 0.158. The Labute approximate surface area is 165 Å². The summed E-state index contributed by atoms with van der Waals surface area (Å²) in [6.45, 7) is 2.72. The first kappa shape index (κ1) is 19.9. The van der Waals surface area contributed by atoms with Crippen molar-refractivity contribution < 1.29 is 13.2 Å². The summed E-state index contributed by atoms with van der Waals surface area (Å²) in [5.74, 6) is -0.257. The van der Waals surface area contributed by atoms with Crippen molar-refractivity contribution >= 4 is 27.5 Å². The number of aryl methyl sites for hydroxylation is 1. The summed E-state index contributed by atoms with van der Waals surface area (Å²) in [5, 5.41) is 3.36. The van der Waals surface area contributed by atoms with Gasteiger partial charge in [-0.1, -0.05) is 47.9 Å². The highest BCUT2D eigenvalue weighted by atomic mass is 35.5. The van der Waals surface area contributed by atoms with Crippen LogP contribution in [0.2, 0.25) is 5.02 Å². The second kappa shape index (κ2) is 8.42. The molecule has 144 valence electrons. The minimum atomic E-state index is -3.75. The van der Waals surface area contributed by atoms with Gasteiger partial charge in [0.05, 0.1) is 4.90 Å². The van der Waals surface area contributed by atoms with Crippen molar-refractivity contribution in [2.24, 2.45) is 0 Å². The zero-order valence-electron chi connectivity index (χ0n) is 15.2. The highest BCUT2D eigenvalue weighted by Gasteiger charge is 2.37. The van der Waals surface area contributed by atoms with Gasteiger partial charge < -0.3 is 5.32 Å². The van der Waals surface area contributed by atoms with Crippen molar-refractivity contribution in [3.05, 3.63) is 64.7 Å². The Morgan fingerprint density at radius 2 is 1.78 bits per heavy atom. The molecule has 1 heterocycles. The van der Waals surface area contributed by atoms with Gasteiger partial charge in [-0.2, -0.15) is 4.31 Å². The zero-order chi connectivity index (χ0) is 19.4. The Hall–Kier alpha value is -1.89. The maximum absolute atomic E-state index is 13.0. The number of amides is 1. The number of rotatable bonds is 5. The van der Waals surface area contributed by atoms with Crippen LogP contribution in [0.1, 0.15) is 30.4 Å². The fourth-order valence-corrected chi connectivity index (χ4v) is 4.99. The number of hydrogen-bond acceptors (Lipinski definition) is 3. The molecule has 5 nitrogen and oxygen atoms in total. The van der Waals surface area contributed by atoms with Gasteiger partial charge in [0, 0.05) is 18.1 Å². The molecule has 0 unspecified atom stereocenters. The fraction of sp³-hybridized carbons (Fsp3) is 0.350. The third-order valence-corrected chi connectivity index (χ3v) is 6.94. The Balaban J connectivity index is 1.75. The van der Waals surface area contributed by atoms with E-state index >= 15 is 0 Å². The van der Waals surface area contributed by atoms with Crippen LogP contribution in [0.3, 0.4) is 0 Å². The molecule has 2 aromatic carbocycles. The molecule has 2 aromatic rings. The van der Waals surface area contributed by atoms with E-state index in [1.807, 2.05) is 31.2 Å². The lowest BCUT2D eigenvalue weighted by molar-refractivity contribution is -0.125. The standard InChI is InChI=1S/C20H23ClN2O3S/c1-15-5-7-16(8-6-15)14-22-20(24)19-4-2-3-13-23(19)27(25,26)18-11-9-17(21)10-12-18/h5-12,19H,2-4,13-14H2,1H3,(H,22,24)/t19-/m0/s1. The van der Waals surface area contributed by atoms with Crippen LogP contribution in [0.5, 0.6) is 0 Å². The molecule has 0 spiro atoms. The number of benzene rings is 2. The largest absolute Gasteiger partial charge is 0.351 e. The summed E-state index contributed by atoms with van der Waals surface area (Å²) in [6.07, 6.45) is 2.09. The second-order valence-electron chi connectivity index (χ2n) is 6.78. The highest BCUT2D eigenvalue weighted by molar-refractivity contribution is 7.89. The molecular formula is C20H23ClN2O3S. The average Bonchev–Trinajstić information content (AvgIpc) is 2.67. The number of piperidine rings is 1. The maximum Gasteiger partial charge on any atom is 0.243 e. The van der Waals surface area contributed by atoms with Crippen LogP contribution < -0.4 is 5.32 Å². The van der Waals surface area contributed by atoms with Crippen LogP contribution in [0, 0.1) is 6.92 Å². The van der Waals surface area contributed by atoms with E-state index in [4.69, 9.17) is 11.6 Å². The van der Waals surface area contributed by atoms with Crippen LogP contribution in [0.25, 0.3) is 0 Å². The molecule has 1 aliphatic heterocycles. The van der Waals surface area contributed by atoms with Crippen molar-refractivity contribution in [1.82, 2.24) is 9.62 Å². The van der Waals surface area contributed by atoms with E-state index in [9.17, 15) is 13.2 Å². The lowest BCUT2D eigenvalue weighted by atomic mass is 10.0. The molecule has 3 rings (SSSR count). The number of nitrogens with zero attached hydrogens (tertiary/aromatic N) is 1. The molecule has 0 aliphatic carbocycles. The summed E-state index contributed by atoms with van der Waals surface area (Å²) < 4.78 is 27.4. The van der Waals surface area contributed by atoms with Gasteiger partial charge in [-0.3, -0.25) is 4.79 Å². The molecule has 1 aliphatic rings. The first-order chi connectivity index (χ1) is 12.9. The summed E-state index contributed by atoms with van der Waals surface area (Å²) in [4.78, 5) is 12.9. The first-order valence-electron chi connectivity index (χ1n) is 8.98. The number of hydrogen-bond donors (Lipinski definition) is 1. The van der Waals surface area contributed by atoms with Gasteiger partial charge in [0.2, 0.25) is 15.9 Å². The Bertz CT molecular complexity index is 896. The van der Waals surface area contributed by atoms with Crippen LogP contribution in [0.15, 0.2) is 53.4 Å². The molecule has 0 bridgehead atoms. The first-order valence-corrected chi connectivity index (χ1v) is 10.8. The van der Waals surface area contributed by atoms with Gasteiger partial charge in [0.15, 0.2) is 0 Å². The fourth-order valence-electron chi connectivity index (χ4n) is 3.21. The van der Waals surface area contributed by atoms with Crippen molar-refractivity contribution in [2.45, 2.75) is 43.7 Å². The predicted octanol–water partition coefficient (Wildman–Crippen LogP) is 3.51. The van der Waals surface area contributed by atoms with Gasteiger partial charge >= 0.3 is 0 Å². The van der Waals surface area contributed by atoms with Gasteiger partial charge in [0.1, 0.15) is 6.04 Å². The molecule has 7 heteroatoms. The third-order valence-electron chi connectivity index (χ3n) is 4.76. The van der Waals surface area contributed by atoms with E-state index in [0.29, 0.717) is 24.5 Å². The predicted molar refractivity (Wildman–Crippen MR) is 106 cm³/mol. The van der Waals surface area contributed by atoms with E-state index in [1.165, 1.54) is 16.4 Å². The van der Waals surface area contributed by atoms with Crippen molar-refractivity contribution in [3.63, 3.8) is 0 Å². The van der Waals surface area contributed by atoms with E-state index in [2.05, 4.69) is 5.32 Å². The lowest BCUT2D eigenvalue weighted by Gasteiger charge is -2.33. The quantitative estimate of drug-likeness (QED) is 0.826. The van der Waals surface area contributed by atoms with Crippen molar-refractivity contribution in [2.75, 3.05) is 6.54 Å². The normalized spacial score (nSPS) is 18.2. The number of nitrogens with one attached hydrogen (secondary N) is 1. The number of carbonyl (C=O) groups is 1. The molecule has 0 saturated carbocycles. The molecule has 1 N–H and O–H groups in total. The van der Waals surface area contributed by atoms with Crippen molar-refractivity contribution in [1.29, 1.82) is 0 Å². The van der Waals surface area contributed by atoms with E-state index in [-0.39, 0.29) is 10.8 Å². The molecule has 27 heavy (non-hydrogen) atoms. The summed E-state index contributed by atoms with van der Waals surface area (Å²) in [6, 6.07) is 13.2.